The van der Waals surface area contributed by atoms with E-state index in [1.54, 1.807) is 6.92 Å². The number of amides is 1. The van der Waals surface area contributed by atoms with Crippen molar-refractivity contribution in [2.75, 3.05) is 6.26 Å². The van der Waals surface area contributed by atoms with E-state index in [1.807, 2.05) is 4.72 Å². The van der Waals surface area contributed by atoms with Gasteiger partial charge in [-0.2, -0.15) is 0 Å². The zero-order valence-electron chi connectivity index (χ0n) is 9.23. The quantitative estimate of drug-likeness (QED) is 0.439. The molecule has 0 aliphatic carbocycles. The molecular formula is C10H14N2O3S. The first-order chi connectivity index (χ1) is 7.30. The third-order valence-electron chi connectivity index (χ3n) is 1.46. The number of rotatable bonds is 5. The highest BCUT2D eigenvalue weighted by molar-refractivity contribution is 7.89. The number of aliphatic imine (C=N–C) groups is 1. The van der Waals surface area contributed by atoms with Crippen molar-refractivity contribution >= 4 is 21.6 Å². The van der Waals surface area contributed by atoms with E-state index in [1.165, 1.54) is 18.4 Å². The molecule has 0 saturated heterocycles. The van der Waals surface area contributed by atoms with Gasteiger partial charge in [-0.3, -0.25) is 9.79 Å². The van der Waals surface area contributed by atoms with Crippen LogP contribution in [0.25, 0.3) is 0 Å². The fraction of sp³-hybridized carbons (Fsp3) is 0.200. The predicted octanol–water partition coefficient (Wildman–Crippen LogP) is 0.779. The second kappa shape index (κ2) is 6.02. The van der Waals surface area contributed by atoms with Gasteiger partial charge in [-0.05, 0) is 13.0 Å². The van der Waals surface area contributed by atoms with Crippen LogP contribution in [0.2, 0.25) is 0 Å². The summed E-state index contributed by atoms with van der Waals surface area (Å²) in [4.78, 5) is 15.2. The summed E-state index contributed by atoms with van der Waals surface area (Å²) in [6.07, 6.45) is 4.85. The van der Waals surface area contributed by atoms with Gasteiger partial charge >= 0.3 is 0 Å². The van der Waals surface area contributed by atoms with E-state index in [-0.39, 0.29) is 5.57 Å². The Hall–Kier alpha value is -1.69. The third kappa shape index (κ3) is 5.92. The van der Waals surface area contributed by atoms with Gasteiger partial charge in [0.1, 0.15) is 0 Å². The van der Waals surface area contributed by atoms with Gasteiger partial charge in [0.25, 0.3) is 5.91 Å². The minimum atomic E-state index is -3.58. The van der Waals surface area contributed by atoms with Crippen molar-refractivity contribution in [1.82, 2.24) is 4.72 Å². The number of sulfonamides is 1. The monoisotopic (exact) mass is 242 g/mol. The highest BCUT2D eigenvalue weighted by Gasteiger charge is 2.10. The van der Waals surface area contributed by atoms with Crippen LogP contribution in [0.15, 0.2) is 42.1 Å². The van der Waals surface area contributed by atoms with Gasteiger partial charge in [0.2, 0.25) is 10.0 Å². The average molecular weight is 242 g/mol. The summed E-state index contributed by atoms with van der Waals surface area (Å²) in [5.41, 5.74) is 0.665. The lowest BCUT2D eigenvalue weighted by Gasteiger charge is -2.01. The number of allylic oxidation sites excluding steroid dienone is 1. The second-order valence-corrected chi connectivity index (χ2v) is 4.71. The molecule has 0 aliphatic rings. The molecule has 0 aromatic heterocycles. The number of hydrogen-bond acceptors (Lipinski definition) is 4. The summed E-state index contributed by atoms with van der Waals surface area (Å²) in [7, 11) is -3.58. The van der Waals surface area contributed by atoms with Crippen molar-refractivity contribution in [2.45, 2.75) is 6.92 Å². The smallest absolute Gasteiger partial charge is 0.266 e. The molecular weight excluding hydrogens is 228 g/mol. The minimum absolute atomic E-state index is 0.0617. The Morgan fingerprint density at radius 2 is 1.88 bits per heavy atom. The lowest BCUT2D eigenvalue weighted by molar-refractivity contribution is -0.115. The highest BCUT2D eigenvalue weighted by atomic mass is 32.2. The van der Waals surface area contributed by atoms with E-state index in [0.29, 0.717) is 5.71 Å². The summed E-state index contributed by atoms with van der Waals surface area (Å²) in [6, 6.07) is 0. The van der Waals surface area contributed by atoms with Gasteiger partial charge in [0.05, 0.1) is 11.8 Å². The Labute approximate surface area is 95.3 Å². The molecule has 0 saturated carbocycles. The zero-order valence-corrected chi connectivity index (χ0v) is 10.0. The van der Waals surface area contributed by atoms with Gasteiger partial charge < -0.3 is 0 Å². The zero-order chi connectivity index (χ0) is 12.8. The molecule has 0 aromatic carbocycles. The van der Waals surface area contributed by atoms with Crippen LogP contribution in [-0.2, 0) is 14.8 Å². The predicted molar refractivity (Wildman–Crippen MR) is 64.6 cm³/mol. The standard InChI is InChI=1S/C10H14N2O3S/c1-5-8(3)11-7-9(6-2)10(13)12-16(4,14)15/h5-7H,1-2H2,3-4H3,(H,12,13)/b9-7+,11-8-. The minimum Gasteiger partial charge on any atom is -0.268 e. The average Bonchev–Trinajstić information content (AvgIpc) is 2.15. The van der Waals surface area contributed by atoms with Crippen LogP contribution in [0.1, 0.15) is 6.92 Å². The molecule has 1 amide bonds. The Balaban J connectivity index is 4.95. The Kier molecular flexibility index (Phi) is 5.38. The summed E-state index contributed by atoms with van der Waals surface area (Å²) in [5.74, 6) is -0.766. The van der Waals surface area contributed by atoms with E-state index < -0.39 is 15.9 Å². The van der Waals surface area contributed by atoms with Gasteiger partial charge in [0.15, 0.2) is 0 Å². The number of carbonyl (C=O) groups is 1. The molecule has 0 heterocycles. The normalized spacial score (nSPS) is 13.1. The molecule has 0 unspecified atom stereocenters. The maximum atomic E-state index is 11.4. The van der Waals surface area contributed by atoms with Gasteiger partial charge in [0, 0.05) is 11.9 Å². The van der Waals surface area contributed by atoms with E-state index in [4.69, 9.17) is 0 Å². The van der Waals surface area contributed by atoms with Crippen LogP contribution in [0.4, 0.5) is 0 Å². The fourth-order valence-corrected chi connectivity index (χ4v) is 1.11. The van der Waals surface area contributed by atoms with E-state index >= 15 is 0 Å². The van der Waals surface area contributed by atoms with E-state index in [2.05, 4.69) is 18.2 Å². The van der Waals surface area contributed by atoms with Crippen molar-refractivity contribution in [3.8, 4) is 0 Å². The SMILES string of the molecule is C=C/C(C)=N\C=C(/C=C)C(=O)NS(C)(=O)=O. The first-order valence-corrected chi connectivity index (χ1v) is 6.21. The van der Waals surface area contributed by atoms with Crippen molar-refractivity contribution in [3.05, 3.63) is 37.1 Å². The van der Waals surface area contributed by atoms with Crippen LogP contribution in [0.5, 0.6) is 0 Å². The van der Waals surface area contributed by atoms with E-state index in [9.17, 15) is 13.2 Å². The van der Waals surface area contributed by atoms with Crippen LogP contribution >= 0.6 is 0 Å². The van der Waals surface area contributed by atoms with Crippen LogP contribution in [0.3, 0.4) is 0 Å². The molecule has 0 radical (unpaired) electrons. The molecule has 0 aromatic rings. The third-order valence-corrected chi connectivity index (χ3v) is 2.02. The first-order valence-electron chi connectivity index (χ1n) is 4.31. The highest BCUT2D eigenvalue weighted by Crippen LogP contribution is 1.98. The van der Waals surface area contributed by atoms with Crippen LogP contribution < -0.4 is 4.72 Å². The lowest BCUT2D eigenvalue weighted by atomic mass is 10.3. The Morgan fingerprint density at radius 3 is 2.25 bits per heavy atom. The molecule has 6 heteroatoms. The van der Waals surface area contributed by atoms with Gasteiger partial charge in [-0.15, -0.1) is 0 Å². The topological polar surface area (TPSA) is 75.6 Å². The Bertz CT molecular complexity index is 458. The van der Waals surface area contributed by atoms with Crippen molar-refractivity contribution in [1.29, 1.82) is 0 Å². The largest absolute Gasteiger partial charge is 0.268 e. The molecule has 0 bridgehead atoms. The Morgan fingerprint density at radius 1 is 1.31 bits per heavy atom. The van der Waals surface area contributed by atoms with Gasteiger partial charge in [-0.1, -0.05) is 19.2 Å². The van der Waals surface area contributed by atoms with Crippen molar-refractivity contribution in [3.63, 3.8) is 0 Å². The number of nitrogens with zero attached hydrogens (tertiary/aromatic N) is 1. The first kappa shape index (κ1) is 14.3. The molecule has 88 valence electrons. The number of carbonyl (C=O) groups excluding carboxylic acids is 1. The maximum absolute atomic E-state index is 11.4. The molecule has 1 N–H and O–H groups in total. The molecule has 0 rings (SSSR count). The summed E-state index contributed by atoms with van der Waals surface area (Å²) < 4.78 is 23.4. The molecule has 16 heavy (non-hydrogen) atoms. The van der Waals surface area contributed by atoms with Crippen LogP contribution in [0, 0.1) is 0 Å². The van der Waals surface area contributed by atoms with Crippen molar-refractivity contribution < 1.29 is 13.2 Å². The summed E-state index contributed by atoms with van der Waals surface area (Å²) in [5, 5.41) is 0. The lowest BCUT2D eigenvalue weighted by Crippen LogP contribution is -2.30. The van der Waals surface area contributed by atoms with E-state index in [0.717, 1.165) is 6.26 Å². The number of hydrogen-bond donors (Lipinski definition) is 1. The molecule has 0 aliphatic heterocycles. The van der Waals surface area contributed by atoms with Crippen LogP contribution in [-0.4, -0.2) is 26.3 Å². The van der Waals surface area contributed by atoms with Crippen molar-refractivity contribution in [2.24, 2.45) is 4.99 Å². The molecule has 5 nitrogen and oxygen atoms in total. The molecule has 0 atom stereocenters. The fourth-order valence-electron chi connectivity index (χ4n) is 0.655. The number of nitrogens with one attached hydrogen (secondary N) is 1. The molecule has 0 spiro atoms. The summed E-state index contributed by atoms with van der Waals surface area (Å²) >= 11 is 0. The second-order valence-electron chi connectivity index (χ2n) is 2.97. The maximum Gasteiger partial charge on any atom is 0.266 e. The molecule has 0 fully saturated rings. The van der Waals surface area contributed by atoms with Gasteiger partial charge in [-0.25, -0.2) is 13.1 Å². The summed E-state index contributed by atoms with van der Waals surface area (Å²) in [6.45, 7) is 8.58.